The fourth-order valence-electron chi connectivity index (χ4n) is 7.45. The van der Waals surface area contributed by atoms with Crippen molar-refractivity contribution in [2.75, 3.05) is 6.54 Å². The first-order valence-electron chi connectivity index (χ1n) is 14.6. The van der Waals surface area contributed by atoms with Crippen molar-refractivity contribution in [1.29, 1.82) is 0 Å². The third-order valence-electron chi connectivity index (χ3n) is 9.35. The Morgan fingerprint density at radius 1 is 0.833 bits per heavy atom. The van der Waals surface area contributed by atoms with Crippen molar-refractivity contribution in [1.82, 2.24) is 4.90 Å². The molecule has 0 radical (unpaired) electrons. The zero-order valence-corrected chi connectivity index (χ0v) is 22.0. The van der Waals surface area contributed by atoms with Gasteiger partial charge in [0.1, 0.15) is 0 Å². The molecule has 0 amide bonds. The first kappa shape index (κ1) is 27.5. The second-order valence-corrected chi connectivity index (χ2v) is 11.9. The van der Waals surface area contributed by atoms with E-state index in [9.17, 15) is 18.3 Å². The predicted octanol–water partition coefficient (Wildman–Crippen LogP) is 9.41. The van der Waals surface area contributed by atoms with E-state index in [1.54, 1.807) is 12.1 Å². The molecule has 0 aromatic heterocycles. The van der Waals surface area contributed by atoms with Crippen LogP contribution in [-0.2, 0) is 6.18 Å². The van der Waals surface area contributed by atoms with Crippen LogP contribution in [0.2, 0.25) is 0 Å². The van der Waals surface area contributed by atoms with Gasteiger partial charge in [-0.15, -0.1) is 0 Å². The van der Waals surface area contributed by atoms with Crippen LogP contribution in [0.1, 0.15) is 120 Å². The summed E-state index contributed by atoms with van der Waals surface area (Å²) in [5.41, 5.74) is 0.453. The first-order valence-corrected chi connectivity index (χ1v) is 14.6. The van der Waals surface area contributed by atoms with E-state index in [4.69, 9.17) is 0 Å². The molecule has 2 nitrogen and oxygen atoms in total. The summed E-state index contributed by atoms with van der Waals surface area (Å²) >= 11 is 0. The molecule has 1 aromatic rings. The topological polar surface area (TPSA) is 23.5 Å². The van der Waals surface area contributed by atoms with Crippen molar-refractivity contribution in [2.45, 2.75) is 127 Å². The third-order valence-corrected chi connectivity index (χ3v) is 9.35. The number of benzene rings is 1. The van der Waals surface area contributed by atoms with Crippen LogP contribution in [0.3, 0.4) is 0 Å². The fraction of sp³-hybridized carbons (Fsp3) is 0.742. The van der Waals surface area contributed by atoms with Gasteiger partial charge in [-0.3, -0.25) is 4.90 Å². The smallest absolute Gasteiger partial charge is 0.416 e. The average Bonchev–Trinajstić information content (AvgIpc) is 3.14. The number of aliphatic hydroxyl groups is 1. The van der Waals surface area contributed by atoms with Crippen LogP contribution in [0, 0.1) is 11.8 Å². The van der Waals surface area contributed by atoms with Gasteiger partial charge in [0.15, 0.2) is 0 Å². The van der Waals surface area contributed by atoms with Crippen LogP contribution in [0.5, 0.6) is 0 Å². The van der Waals surface area contributed by atoms with Gasteiger partial charge in [0.05, 0.1) is 11.3 Å². The van der Waals surface area contributed by atoms with Gasteiger partial charge in [0.25, 0.3) is 0 Å². The quantitative estimate of drug-likeness (QED) is 0.281. The van der Waals surface area contributed by atoms with Crippen molar-refractivity contribution in [3.63, 3.8) is 0 Å². The summed E-state index contributed by atoms with van der Waals surface area (Å²) in [6.45, 7) is 4.84. The number of allylic oxidation sites excluding steroid dienone is 1. The highest BCUT2D eigenvalue weighted by molar-refractivity contribution is 5.29. The Kier molecular flexibility index (Phi) is 9.83. The maximum Gasteiger partial charge on any atom is 0.416 e. The molecule has 0 bridgehead atoms. The normalized spacial score (nSPS) is 27.2. The molecule has 3 atom stereocenters. The van der Waals surface area contributed by atoms with Crippen molar-refractivity contribution in [2.24, 2.45) is 11.8 Å². The van der Waals surface area contributed by atoms with Gasteiger partial charge >= 0.3 is 6.18 Å². The first-order chi connectivity index (χ1) is 17.3. The minimum atomic E-state index is -4.31. The fourth-order valence-corrected chi connectivity index (χ4v) is 7.45. The molecule has 0 heterocycles. The average molecular weight is 506 g/mol. The molecule has 1 N–H and O–H groups in total. The number of nitrogens with zero attached hydrogens (tertiary/aromatic N) is 1. The van der Waals surface area contributed by atoms with Gasteiger partial charge in [-0.2, -0.15) is 13.2 Å². The van der Waals surface area contributed by atoms with E-state index in [0.29, 0.717) is 24.4 Å². The number of alkyl halides is 3. The highest BCUT2D eigenvalue weighted by Gasteiger charge is 2.39. The van der Waals surface area contributed by atoms with Crippen molar-refractivity contribution >= 4 is 0 Å². The molecule has 0 aliphatic heterocycles. The molecular weight excluding hydrogens is 459 g/mol. The Hall–Kier alpha value is -1.49. The molecule has 3 aliphatic carbocycles. The Balaban J connectivity index is 1.59. The minimum absolute atomic E-state index is 0.194. The summed E-state index contributed by atoms with van der Waals surface area (Å²) in [5.74, 6) is 1.58. The largest absolute Gasteiger partial charge is 0.513 e. The number of aliphatic hydroxyl groups excluding tert-OH is 1. The van der Waals surface area contributed by atoms with E-state index >= 15 is 0 Å². The van der Waals surface area contributed by atoms with Crippen LogP contribution in [-0.4, -0.2) is 28.6 Å². The molecule has 202 valence electrons. The van der Waals surface area contributed by atoms with Gasteiger partial charge in [-0.25, -0.2) is 0 Å². The Labute approximate surface area is 216 Å². The van der Waals surface area contributed by atoms with E-state index in [1.807, 2.05) is 0 Å². The molecule has 0 unspecified atom stereocenters. The van der Waals surface area contributed by atoms with E-state index in [-0.39, 0.29) is 11.7 Å². The van der Waals surface area contributed by atoms with Crippen LogP contribution >= 0.6 is 0 Å². The standard InChI is InChI=1S/C31H46F3NO/c1-23(36)21-25-13-18-30(29(22-25)26-14-16-27(17-15-26)31(32,33)34)35(28-11-7-2-3-8-12-28)20-19-24-9-5-4-6-10-24/h14-17,24-25,28-30,36H,1-13,18-22H2/t25-,29-,30+/m0/s1. The van der Waals surface area contributed by atoms with E-state index in [0.717, 1.165) is 37.3 Å². The lowest BCUT2D eigenvalue weighted by molar-refractivity contribution is -0.137. The summed E-state index contributed by atoms with van der Waals surface area (Å²) in [6.07, 6.45) is 15.0. The summed E-state index contributed by atoms with van der Waals surface area (Å²) in [5, 5.41) is 9.90. The highest BCUT2D eigenvalue weighted by atomic mass is 19.4. The zero-order valence-electron chi connectivity index (χ0n) is 22.0. The molecule has 0 spiro atoms. The summed E-state index contributed by atoms with van der Waals surface area (Å²) < 4.78 is 39.9. The Morgan fingerprint density at radius 2 is 1.44 bits per heavy atom. The maximum absolute atomic E-state index is 13.3. The molecular formula is C31H46F3NO. The second kappa shape index (κ2) is 12.8. The van der Waals surface area contributed by atoms with Crippen molar-refractivity contribution in [3.8, 4) is 0 Å². The van der Waals surface area contributed by atoms with E-state index in [2.05, 4.69) is 11.5 Å². The zero-order chi connectivity index (χ0) is 25.5. The summed E-state index contributed by atoms with van der Waals surface area (Å²) in [6, 6.07) is 6.92. The van der Waals surface area contributed by atoms with Gasteiger partial charge in [-0.05, 0) is 80.5 Å². The van der Waals surface area contributed by atoms with Crippen LogP contribution < -0.4 is 0 Å². The lowest BCUT2D eigenvalue weighted by Gasteiger charge is -2.47. The predicted molar refractivity (Wildman–Crippen MR) is 141 cm³/mol. The summed E-state index contributed by atoms with van der Waals surface area (Å²) in [4.78, 5) is 2.83. The minimum Gasteiger partial charge on any atom is -0.513 e. The summed E-state index contributed by atoms with van der Waals surface area (Å²) in [7, 11) is 0. The molecule has 3 saturated carbocycles. The number of hydrogen-bond acceptors (Lipinski definition) is 2. The monoisotopic (exact) mass is 505 g/mol. The lowest BCUT2D eigenvalue weighted by Crippen LogP contribution is -2.49. The SMILES string of the molecule is C=C(O)C[C@@H]1CC[C@@H](N(CCC2CCCCC2)C2CCCCCC2)[C@H](c2ccc(C(F)(F)F)cc2)C1. The van der Waals surface area contributed by atoms with Crippen LogP contribution in [0.4, 0.5) is 13.2 Å². The third kappa shape index (κ3) is 7.52. The van der Waals surface area contributed by atoms with Gasteiger partial charge in [0.2, 0.25) is 0 Å². The van der Waals surface area contributed by atoms with Gasteiger partial charge in [0, 0.05) is 18.5 Å². The van der Waals surface area contributed by atoms with Crippen molar-refractivity contribution in [3.05, 3.63) is 47.7 Å². The maximum atomic E-state index is 13.3. The van der Waals surface area contributed by atoms with E-state index < -0.39 is 11.7 Å². The number of halogens is 3. The molecule has 5 heteroatoms. The van der Waals surface area contributed by atoms with Gasteiger partial charge in [-0.1, -0.05) is 76.5 Å². The van der Waals surface area contributed by atoms with Crippen LogP contribution in [0.15, 0.2) is 36.6 Å². The second-order valence-electron chi connectivity index (χ2n) is 11.9. The van der Waals surface area contributed by atoms with Crippen LogP contribution in [0.25, 0.3) is 0 Å². The molecule has 4 rings (SSSR count). The van der Waals surface area contributed by atoms with Gasteiger partial charge < -0.3 is 5.11 Å². The number of hydrogen-bond donors (Lipinski definition) is 1. The van der Waals surface area contributed by atoms with Crippen molar-refractivity contribution < 1.29 is 18.3 Å². The molecule has 3 fully saturated rings. The highest BCUT2D eigenvalue weighted by Crippen LogP contribution is 2.44. The van der Waals surface area contributed by atoms with E-state index in [1.165, 1.54) is 89.2 Å². The Morgan fingerprint density at radius 3 is 2.06 bits per heavy atom. The molecule has 0 saturated heterocycles. The lowest BCUT2D eigenvalue weighted by atomic mass is 9.72. The molecule has 1 aromatic carbocycles. The molecule has 3 aliphatic rings. The molecule has 36 heavy (non-hydrogen) atoms. The Bertz CT molecular complexity index is 806. The number of rotatable bonds is 8.